The Labute approximate surface area is 102 Å². The standard InChI is InChI=1S/C11H13BrO4/c1-11(2,9(14)10(15)16)6-4-3-5-7(12)8(6)13/h3-5,9,13-14H,1-2H3,(H,15,16). The van der Waals surface area contributed by atoms with E-state index in [4.69, 9.17) is 5.11 Å². The predicted molar refractivity (Wildman–Crippen MR) is 62.5 cm³/mol. The normalized spacial score (nSPS) is 13.5. The topological polar surface area (TPSA) is 77.8 Å². The zero-order valence-corrected chi connectivity index (χ0v) is 10.5. The van der Waals surface area contributed by atoms with Crippen LogP contribution < -0.4 is 0 Å². The summed E-state index contributed by atoms with van der Waals surface area (Å²) in [6.07, 6.45) is -1.58. The summed E-state index contributed by atoms with van der Waals surface area (Å²) in [6, 6.07) is 4.91. The first-order valence-corrected chi connectivity index (χ1v) is 5.46. The molecule has 1 rings (SSSR count). The number of phenolic OH excluding ortho intramolecular Hbond substituents is 1. The van der Waals surface area contributed by atoms with Crippen LogP contribution in [0.25, 0.3) is 0 Å². The highest BCUT2D eigenvalue weighted by Crippen LogP contribution is 2.37. The summed E-state index contributed by atoms with van der Waals surface area (Å²) in [5.41, 5.74) is -0.684. The molecule has 0 aliphatic heterocycles. The molecule has 0 fully saturated rings. The number of aliphatic hydroxyl groups excluding tert-OH is 1. The molecule has 3 N–H and O–H groups in total. The van der Waals surface area contributed by atoms with E-state index in [-0.39, 0.29) is 5.75 Å². The SMILES string of the molecule is CC(C)(c1cccc(Br)c1O)C(O)C(=O)O. The molecule has 4 nitrogen and oxygen atoms in total. The fraction of sp³-hybridized carbons (Fsp3) is 0.364. The third-order valence-electron chi connectivity index (χ3n) is 2.60. The number of halogens is 1. The van der Waals surface area contributed by atoms with Gasteiger partial charge >= 0.3 is 5.97 Å². The number of hydrogen-bond donors (Lipinski definition) is 3. The monoisotopic (exact) mass is 288 g/mol. The second kappa shape index (κ2) is 4.43. The minimum absolute atomic E-state index is 0.0483. The number of rotatable bonds is 3. The van der Waals surface area contributed by atoms with Crippen molar-refractivity contribution in [2.45, 2.75) is 25.4 Å². The van der Waals surface area contributed by atoms with Crippen LogP contribution >= 0.6 is 15.9 Å². The Hall–Kier alpha value is -1.07. The maximum absolute atomic E-state index is 10.8. The average Bonchev–Trinajstić information content (AvgIpc) is 2.20. The van der Waals surface area contributed by atoms with E-state index in [0.29, 0.717) is 10.0 Å². The Morgan fingerprint density at radius 2 is 2.00 bits per heavy atom. The third-order valence-corrected chi connectivity index (χ3v) is 3.24. The Balaban J connectivity index is 3.26. The molecule has 0 saturated heterocycles. The van der Waals surface area contributed by atoms with Crippen LogP contribution in [0.1, 0.15) is 19.4 Å². The summed E-state index contributed by atoms with van der Waals surface area (Å²) in [7, 11) is 0. The van der Waals surface area contributed by atoms with Gasteiger partial charge in [-0.1, -0.05) is 26.0 Å². The molecule has 1 aromatic carbocycles. The first-order chi connectivity index (χ1) is 7.28. The summed E-state index contributed by atoms with van der Waals surface area (Å²) < 4.78 is 0.468. The van der Waals surface area contributed by atoms with Crippen molar-refractivity contribution in [2.24, 2.45) is 0 Å². The van der Waals surface area contributed by atoms with Crippen LogP contribution in [0.5, 0.6) is 5.75 Å². The Morgan fingerprint density at radius 1 is 1.44 bits per heavy atom. The van der Waals surface area contributed by atoms with Gasteiger partial charge in [0.1, 0.15) is 5.75 Å². The van der Waals surface area contributed by atoms with Gasteiger partial charge in [0.25, 0.3) is 0 Å². The van der Waals surface area contributed by atoms with Gasteiger partial charge in [-0.25, -0.2) is 4.79 Å². The Kier molecular flexibility index (Phi) is 3.60. The van der Waals surface area contributed by atoms with Crippen molar-refractivity contribution in [3.05, 3.63) is 28.2 Å². The van der Waals surface area contributed by atoms with E-state index in [1.165, 1.54) is 0 Å². The molecule has 0 radical (unpaired) electrons. The Morgan fingerprint density at radius 3 is 2.50 bits per heavy atom. The second-order valence-electron chi connectivity index (χ2n) is 4.10. The van der Waals surface area contributed by atoms with Gasteiger partial charge in [0, 0.05) is 11.0 Å². The smallest absolute Gasteiger partial charge is 0.333 e. The van der Waals surface area contributed by atoms with Gasteiger partial charge in [-0.15, -0.1) is 0 Å². The summed E-state index contributed by atoms with van der Waals surface area (Å²) >= 11 is 3.15. The molecule has 0 saturated carbocycles. The van der Waals surface area contributed by atoms with E-state index in [9.17, 15) is 15.0 Å². The molecule has 0 aliphatic rings. The number of aliphatic carboxylic acids is 1. The van der Waals surface area contributed by atoms with Crippen molar-refractivity contribution in [2.75, 3.05) is 0 Å². The zero-order chi connectivity index (χ0) is 12.5. The number of hydrogen-bond acceptors (Lipinski definition) is 3. The molecule has 0 bridgehead atoms. The third kappa shape index (κ3) is 2.20. The number of para-hydroxylation sites is 1. The highest BCUT2D eigenvalue weighted by molar-refractivity contribution is 9.10. The van der Waals surface area contributed by atoms with E-state index in [1.807, 2.05) is 0 Å². The van der Waals surface area contributed by atoms with Crippen LogP contribution in [-0.4, -0.2) is 27.4 Å². The van der Waals surface area contributed by atoms with Gasteiger partial charge in [-0.2, -0.15) is 0 Å². The van der Waals surface area contributed by atoms with Gasteiger partial charge < -0.3 is 15.3 Å². The fourth-order valence-electron chi connectivity index (χ4n) is 1.49. The van der Waals surface area contributed by atoms with E-state index in [0.717, 1.165) is 0 Å². The van der Waals surface area contributed by atoms with Crippen molar-refractivity contribution in [1.29, 1.82) is 0 Å². The van der Waals surface area contributed by atoms with Crippen LogP contribution in [0.15, 0.2) is 22.7 Å². The number of benzene rings is 1. The Bertz CT molecular complexity index is 414. The molecule has 1 unspecified atom stereocenters. The molecule has 16 heavy (non-hydrogen) atoms. The summed E-state index contributed by atoms with van der Waals surface area (Å²) in [6.45, 7) is 3.13. The van der Waals surface area contributed by atoms with Crippen LogP contribution in [0.2, 0.25) is 0 Å². The number of carbonyl (C=O) groups is 1. The lowest BCUT2D eigenvalue weighted by Gasteiger charge is -2.29. The first kappa shape index (κ1) is 13.0. The molecule has 0 aromatic heterocycles. The van der Waals surface area contributed by atoms with E-state index >= 15 is 0 Å². The van der Waals surface area contributed by atoms with Gasteiger partial charge in [0.15, 0.2) is 6.10 Å². The molecule has 88 valence electrons. The highest BCUT2D eigenvalue weighted by Gasteiger charge is 2.37. The largest absolute Gasteiger partial charge is 0.506 e. The molecule has 1 aromatic rings. The maximum atomic E-state index is 10.8. The maximum Gasteiger partial charge on any atom is 0.333 e. The van der Waals surface area contributed by atoms with Crippen molar-refractivity contribution >= 4 is 21.9 Å². The van der Waals surface area contributed by atoms with Crippen LogP contribution in [0.4, 0.5) is 0 Å². The van der Waals surface area contributed by atoms with Crippen molar-refractivity contribution in [3.63, 3.8) is 0 Å². The lowest BCUT2D eigenvalue weighted by atomic mass is 9.79. The summed E-state index contributed by atoms with van der Waals surface area (Å²) in [4.78, 5) is 10.8. The van der Waals surface area contributed by atoms with Gasteiger partial charge in [0.05, 0.1) is 4.47 Å². The van der Waals surface area contributed by atoms with E-state index in [1.54, 1.807) is 32.0 Å². The lowest BCUT2D eigenvalue weighted by molar-refractivity contribution is -0.150. The number of aliphatic hydroxyl groups is 1. The van der Waals surface area contributed by atoms with E-state index in [2.05, 4.69) is 15.9 Å². The van der Waals surface area contributed by atoms with Crippen molar-refractivity contribution in [1.82, 2.24) is 0 Å². The molecule has 0 heterocycles. The minimum Gasteiger partial charge on any atom is -0.506 e. The molecule has 0 amide bonds. The van der Waals surface area contributed by atoms with Crippen molar-refractivity contribution in [3.8, 4) is 5.75 Å². The van der Waals surface area contributed by atoms with Crippen LogP contribution in [0, 0.1) is 0 Å². The molecule has 0 spiro atoms. The minimum atomic E-state index is -1.58. The molecular weight excluding hydrogens is 276 g/mol. The first-order valence-electron chi connectivity index (χ1n) is 4.67. The number of aromatic hydroxyl groups is 1. The lowest BCUT2D eigenvalue weighted by Crippen LogP contribution is -2.39. The average molecular weight is 289 g/mol. The number of phenols is 1. The van der Waals surface area contributed by atoms with Crippen molar-refractivity contribution < 1.29 is 20.1 Å². The highest BCUT2D eigenvalue weighted by atomic mass is 79.9. The molecule has 1 atom stereocenters. The zero-order valence-electron chi connectivity index (χ0n) is 8.94. The van der Waals surface area contributed by atoms with Gasteiger partial charge in [-0.3, -0.25) is 0 Å². The molecular formula is C11H13BrO4. The predicted octanol–water partition coefficient (Wildman–Crippen LogP) is 1.88. The molecule has 0 aliphatic carbocycles. The number of carboxylic acid groups (broad SMARTS) is 1. The van der Waals surface area contributed by atoms with Gasteiger partial charge in [-0.05, 0) is 22.0 Å². The quantitative estimate of drug-likeness (QED) is 0.794. The molecule has 5 heteroatoms. The van der Waals surface area contributed by atoms with Gasteiger partial charge in [0.2, 0.25) is 0 Å². The number of carboxylic acids is 1. The van der Waals surface area contributed by atoms with Crippen LogP contribution in [-0.2, 0) is 10.2 Å². The van der Waals surface area contributed by atoms with E-state index < -0.39 is 17.5 Å². The summed E-state index contributed by atoms with van der Waals surface area (Å²) in [5, 5.41) is 28.2. The fourth-order valence-corrected chi connectivity index (χ4v) is 1.86. The van der Waals surface area contributed by atoms with Crippen LogP contribution in [0.3, 0.4) is 0 Å². The summed E-state index contributed by atoms with van der Waals surface area (Å²) in [5.74, 6) is -1.36. The second-order valence-corrected chi connectivity index (χ2v) is 4.95.